The third-order valence-electron chi connectivity index (χ3n) is 4.69. The van der Waals surface area contributed by atoms with Crippen LogP contribution in [0.25, 0.3) is 10.9 Å². The lowest BCUT2D eigenvalue weighted by molar-refractivity contribution is 0.0490. The topological polar surface area (TPSA) is 86.6 Å². The number of fused-ring (bicyclic) bond motifs is 1. The van der Waals surface area contributed by atoms with Crippen molar-refractivity contribution in [2.24, 2.45) is 0 Å². The Labute approximate surface area is 195 Å². The summed E-state index contributed by atoms with van der Waals surface area (Å²) in [5.74, 6) is -1.55. The van der Waals surface area contributed by atoms with Crippen molar-refractivity contribution in [3.05, 3.63) is 64.6 Å². The van der Waals surface area contributed by atoms with Gasteiger partial charge in [-0.05, 0) is 51.1 Å². The largest absolute Gasteiger partial charge is 0.464 e. The predicted octanol–water partition coefficient (Wildman–Crippen LogP) is 5.69. The maximum absolute atomic E-state index is 13.4. The number of Topliss-reactive ketones (excluding diaryl/α,β-unsaturated/α-hetero) is 1. The molecule has 3 rings (SSSR count). The number of nitrogens with one attached hydrogen (secondary N) is 1. The molecule has 0 aliphatic carbocycles. The van der Waals surface area contributed by atoms with Gasteiger partial charge in [0.15, 0.2) is 11.5 Å². The second kappa shape index (κ2) is 9.62. The minimum Gasteiger partial charge on any atom is -0.464 e. The second-order valence-electron chi connectivity index (χ2n) is 8.30. The molecule has 7 nitrogen and oxygen atoms in total. The van der Waals surface area contributed by atoms with Crippen molar-refractivity contribution in [1.82, 2.24) is 4.57 Å². The highest BCUT2D eigenvalue weighted by Crippen LogP contribution is 2.34. The van der Waals surface area contributed by atoms with Crippen LogP contribution in [0.5, 0.6) is 0 Å². The maximum atomic E-state index is 13.4. The van der Waals surface area contributed by atoms with E-state index in [0.717, 1.165) is 4.57 Å². The first-order valence-corrected chi connectivity index (χ1v) is 10.6. The third kappa shape index (κ3) is 5.51. The Morgan fingerprint density at radius 3 is 2.48 bits per heavy atom. The Balaban J connectivity index is 2.00. The zero-order chi connectivity index (χ0) is 24.3. The molecule has 174 valence electrons. The first kappa shape index (κ1) is 24.3. The number of hydrogen-bond acceptors (Lipinski definition) is 6. The summed E-state index contributed by atoms with van der Waals surface area (Å²) < 4.78 is 24.9. The average molecular weight is 475 g/mol. The fraction of sp³-hybridized carbons (Fsp3) is 0.292. The zero-order valence-electron chi connectivity index (χ0n) is 18.7. The molecule has 0 saturated carbocycles. The van der Waals surface area contributed by atoms with E-state index in [1.165, 1.54) is 37.4 Å². The molecular formula is C24H24ClFN2O5. The molecule has 0 radical (unpaired) electrons. The van der Waals surface area contributed by atoms with Crippen LogP contribution in [0.3, 0.4) is 0 Å². The summed E-state index contributed by atoms with van der Waals surface area (Å²) in [7, 11) is 1.20. The number of carbonyl (C=O) groups is 3. The summed E-state index contributed by atoms with van der Waals surface area (Å²) in [6, 6.07) is 10.2. The smallest absolute Gasteiger partial charge is 0.419 e. The molecular weight excluding hydrogens is 451 g/mol. The Kier molecular flexibility index (Phi) is 7.07. The number of hydrogen-bond donors (Lipinski definition) is 1. The summed E-state index contributed by atoms with van der Waals surface area (Å²) in [4.78, 5) is 38.2. The quantitative estimate of drug-likeness (QED) is 0.365. The highest BCUT2D eigenvalue weighted by molar-refractivity contribution is 6.31. The van der Waals surface area contributed by atoms with Gasteiger partial charge < -0.3 is 14.8 Å². The first-order valence-electron chi connectivity index (χ1n) is 10.2. The summed E-state index contributed by atoms with van der Waals surface area (Å²) in [5, 5.41) is 3.93. The van der Waals surface area contributed by atoms with E-state index in [9.17, 15) is 18.8 Å². The molecule has 0 spiro atoms. The molecule has 3 aromatic rings. The first-order chi connectivity index (χ1) is 15.5. The van der Waals surface area contributed by atoms with Gasteiger partial charge in [-0.15, -0.1) is 0 Å². The van der Waals surface area contributed by atoms with Crippen LogP contribution in [0.15, 0.2) is 42.5 Å². The van der Waals surface area contributed by atoms with Crippen LogP contribution in [0.2, 0.25) is 5.02 Å². The fourth-order valence-corrected chi connectivity index (χ4v) is 3.50. The standard InChI is InChI=1S/C24H24ClFN2O5/c1-24(2,3)33-23(31)28-18-13-15(25)8-9-17(18)20(21(28)22(30)32-4)27-11-10-19(29)14-6-5-7-16(26)12-14/h5-9,12-13,27H,10-11H2,1-4H3. The summed E-state index contributed by atoms with van der Waals surface area (Å²) in [5.41, 5.74) is -0.0114. The maximum Gasteiger partial charge on any atom is 0.419 e. The molecule has 0 unspecified atom stereocenters. The predicted molar refractivity (Wildman–Crippen MR) is 124 cm³/mol. The van der Waals surface area contributed by atoms with Gasteiger partial charge in [-0.2, -0.15) is 0 Å². The van der Waals surface area contributed by atoms with Crippen molar-refractivity contribution < 1.29 is 28.2 Å². The number of esters is 1. The summed E-state index contributed by atoms with van der Waals surface area (Å²) in [6.07, 6.45) is -0.754. The lowest BCUT2D eigenvalue weighted by atomic mass is 10.1. The number of anilines is 1. The molecule has 0 aliphatic rings. The van der Waals surface area contributed by atoms with Gasteiger partial charge in [0.1, 0.15) is 11.4 Å². The van der Waals surface area contributed by atoms with E-state index in [4.69, 9.17) is 21.1 Å². The van der Waals surface area contributed by atoms with Gasteiger partial charge in [0.05, 0.1) is 18.3 Å². The Hall–Kier alpha value is -3.39. The van der Waals surface area contributed by atoms with E-state index in [2.05, 4.69) is 5.32 Å². The number of rotatable bonds is 6. The van der Waals surface area contributed by atoms with Crippen molar-refractivity contribution in [2.45, 2.75) is 32.8 Å². The molecule has 0 atom stereocenters. The van der Waals surface area contributed by atoms with Gasteiger partial charge in [0, 0.05) is 28.9 Å². The molecule has 2 aromatic carbocycles. The third-order valence-corrected chi connectivity index (χ3v) is 4.92. The van der Waals surface area contributed by atoms with E-state index in [-0.39, 0.29) is 30.0 Å². The highest BCUT2D eigenvalue weighted by atomic mass is 35.5. The van der Waals surface area contributed by atoms with Gasteiger partial charge in [-0.25, -0.2) is 18.5 Å². The van der Waals surface area contributed by atoms with Crippen molar-refractivity contribution >= 4 is 46.0 Å². The lowest BCUT2D eigenvalue weighted by Crippen LogP contribution is -2.29. The number of nitrogens with zero attached hydrogens (tertiary/aromatic N) is 1. The van der Waals surface area contributed by atoms with Crippen molar-refractivity contribution in [3.63, 3.8) is 0 Å². The normalized spacial score (nSPS) is 11.3. The zero-order valence-corrected chi connectivity index (χ0v) is 19.5. The summed E-state index contributed by atoms with van der Waals surface area (Å²) >= 11 is 6.15. The van der Waals surface area contributed by atoms with Crippen molar-refractivity contribution in [1.29, 1.82) is 0 Å². The Morgan fingerprint density at radius 1 is 1.12 bits per heavy atom. The van der Waals surface area contributed by atoms with Gasteiger partial charge >= 0.3 is 12.1 Å². The molecule has 1 aromatic heterocycles. The molecule has 0 amide bonds. The SMILES string of the molecule is COC(=O)c1c(NCCC(=O)c2cccc(F)c2)c2ccc(Cl)cc2n1C(=O)OC(C)(C)C. The van der Waals surface area contributed by atoms with E-state index in [0.29, 0.717) is 21.6 Å². The molecule has 9 heteroatoms. The average Bonchev–Trinajstić information content (AvgIpc) is 3.05. The Morgan fingerprint density at radius 2 is 1.85 bits per heavy atom. The number of benzene rings is 2. The van der Waals surface area contributed by atoms with Gasteiger partial charge in [0.25, 0.3) is 0 Å². The van der Waals surface area contributed by atoms with E-state index in [1.54, 1.807) is 32.9 Å². The number of ketones is 1. The van der Waals surface area contributed by atoms with Crippen molar-refractivity contribution in [3.8, 4) is 0 Å². The van der Waals surface area contributed by atoms with E-state index >= 15 is 0 Å². The van der Waals surface area contributed by atoms with Gasteiger partial charge in [-0.3, -0.25) is 4.79 Å². The lowest BCUT2D eigenvalue weighted by Gasteiger charge is -2.20. The van der Waals surface area contributed by atoms with Gasteiger partial charge in [-0.1, -0.05) is 23.7 Å². The molecule has 0 aliphatic heterocycles. The Bertz CT molecular complexity index is 1230. The molecule has 1 N–H and O–H groups in total. The molecule has 0 saturated heterocycles. The van der Waals surface area contributed by atoms with E-state index < -0.39 is 23.5 Å². The molecule has 0 fully saturated rings. The highest BCUT2D eigenvalue weighted by Gasteiger charge is 2.30. The van der Waals surface area contributed by atoms with Gasteiger partial charge in [0.2, 0.25) is 0 Å². The van der Waals surface area contributed by atoms with Crippen LogP contribution in [0.4, 0.5) is 14.9 Å². The summed E-state index contributed by atoms with van der Waals surface area (Å²) in [6.45, 7) is 5.24. The number of methoxy groups -OCH3 is 1. The second-order valence-corrected chi connectivity index (χ2v) is 8.74. The number of aromatic nitrogens is 1. The minimum absolute atomic E-state index is 0.0246. The molecule has 33 heavy (non-hydrogen) atoms. The van der Waals surface area contributed by atoms with Crippen LogP contribution in [-0.2, 0) is 9.47 Å². The van der Waals surface area contributed by atoms with Crippen LogP contribution >= 0.6 is 11.6 Å². The molecule has 0 bridgehead atoms. The number of carbonyl (C=O) groups excluding carboxylic acids is 3. The minimum atomic E-state index is -0.815. The fourth-order valence-electron chi connectivity index (χ4n) is 3.33. The van der Waals surface area contributed by atoms with Crippen LogP contribution in [0.1, 0.15) is 48.0 Å². The number of ether oxygens (including phenoxy) is 2. The number of halogens is 2. The molecule has 1 heterocycles. The monoisotopic (exact) mass is 474 g/mol. The van der Waals surface area contributed by atoms with Crippen LogP contribution < -0.4 is 5.32 Å². The van der Waals surface area contributed by atoms with Crippen molar-refractivity contribution in [2.75, 3.05) is 19.0 Å². The van der Waals surface area contributed by atoms with Crippen LogP contribution in [0, 0.1) is 5.82 Å². The van der Waals surface area contributed by atoms with Crippen LogP contribution in [-0.4, -0.2) is 41.7 Å². The van der Waals surface area contributed by atoms with E-state index in [1.807, 2.05) is 0 Å².